The highest BCUT2D eigenvalue weighted by Gasteiger charge is 1.98. The Bertz CT molecular complexity index is 426. The van der Waals surface area contributed by atoms with Gasteiger partial charge in [-0.1, -0.05) is 6.07 Å². The number of nitrogens with zero attached hydrogens (tertiary/aromatic N) is 1. The van der Waals surface area contributed by atoms with Gasteiger partial charge in [0.25, 0.3) is 0 Å². The molecular weight excluding hydrogens is 263 g/mol. The highest BCUT2D eigenvalue weighted by atomic mass is 127. The van der Waals surface area contributed by atoms with Crippen molar-refractivity contribution in [2.75, 3.05) is 5.73 Å². The molecule has 0 unspecified atom stereocenters. The van der Waals surface area contributed by atoms with E-state index in [1.54, 1.807) is 6.20 Å². The molecule has 2 rings (SSSR count). The molecule has 0 atom stereocenters. The first-order chi connectivity index (χ1) is 5.77. The molecule has 0 saturated carbocycles. The van der Waals surface area contributed by atoms with Gasteiger partial charge in [0.1, 0.15) is 0 Å². The maximum Gasteiger partial charge on any atom is 0.0931 e. The standard InChI is InChI=1S/C9H7IN2/c10-7-4-6-2-1-3-12-9(6)8(11)5-7/h1-5H,11H2. The number of hydrogen-bond acceptors (Lipinski definition) is 2. The largest absolute Gasteiger partial charge is 0.397 e. The second-order valence-corrected chi connectivity index (χ2v) is 3.82. The van der Waals surface area contributed by atoms with Gasteiger partial charge in [-0.2, -0.15) is 0 Å². The van der Waals surface area contributed by atoms with E-state index in [4.69, 9.17) is 5.73 Å². The lowest BCUT2D eigenvalue weighted by atomic mass is 10.2. The van der Waals surface area contributed by atoms with E-state index < -0.39 is 0 Å². The third-order valence-corrected chi connectivity index (χ3v) is 2.32. The number of nitrogen functional groups attached to an aromatic ring is 1. The van der Waals surface area contributed by atoms with Gasteiger partial charge in [0.05, 0.1) is 11.2 Å². The normalized spacial score (nSPS) is 10.4. The number of anilines is 1. The molecule has 0 amide bonds. The lowest BCUT2D eigenvalue weighted by Gasteiger charge is -2.00. The van der Waals surface area contributed by atoms with Gasteiger partial charge in [-0.05, 0) is 40.8 Å². The Labute approximate surface area is 83.9 Å². The molecule has 1 aromatic carbocycles. The fraction of sp³-hybridized carbons (Fsp3) is 0. The molecule has 2 nitrogen and oxygen atoms in total. The third-order valence-electron chi connectivity index (χ3n) is 1.70. The third kappa shape index (κ3) is 1.24. The zero-order chi connectivity index (χ0) is 8.55. The summed E-state index contributed by atoms with van der Waals surface area (Å²) >= 11 is 2.25. The predicted molar refractivity (Wildman–Crippen MR) is 58.9 cm³/mol. The van der Waals surface area contributed by atoms with Gasteiger partial charge in [0.15, 0.2) is 0 Å². The summed E-state index contributed by atoms with van der Waals surface area (Å²) < 4.78 is 1.14. The van der Waals surface area contributed by atoms with Crippen LogP contribution in [0.25, 0.3) is 10.9 Å². The molecule has 60 valence electrons. The maximum atomic E-state index is 5.79. The summed E-state index contributed by atoms with van der Waals surface area (Å²) in [7, 11) is 0. The topological polar surface area (TPSA) is 38.9 Å². The highest BCUT2D eigenvalue weighted by molar-refractivity contribution is 14.1. The van der Waals surface area contributed by atoms with E-state index >= 15 is 0 Å². The summed E-state index contributed by atoms with van der Waals surface area (Å²) in [4.78, 5) is 4.19. The number of pyridine rings is 1. The van der Waals surface area contributed by atoms with Gasteiger partial charge >= 0.3 is 0 Å². The van der Waals surface area contributed by atoms with E-state index in [0.29, 0.717) is 0 Å². The molecule has 0 aliphatic carbocycles. The molecule has 0 fully saturated rings. The van der Waals surface area contributed by atoms with Crippen molar-refractivity contribution in [1.82, 2.24) is 4.98 Å². The minimum atomic E-state index is 0.748. The number of rotatable bonds is 0. The van der Waals surface area contributed by atoms with Crippen LogP contribution in [-0.2, 0) is 0 Å². The summed E-state index contributed by atoms with van der Waals surface area (Å²) in [5.74, 6) is 0. The van der Waals surface area contributed by atoms with E-state index in [1.807, 2.05) is 18.2 Å². The van der Waals surface area contributed by atoms with Crippen LogP contribution >= 0.6 is 22.6 Å². The van der Waals surface area contributed by atoms with Gasteiger partial charge in [-0.3, -0.25) is 4.98 Å². The minimum Gasteiger partial charge on any atom is -0.397 e. The van der Waals surface area contributed by atoms with Crippen LogP contribution in [0.5, 0.6) is 0 Å². The molecule has 2 aromatic rings. The van der Waals surface area contributed by atoms with Crippen LogP contribution < -0.4 is 5.73 Å². The Kier molecular flexibility index (Phi) is 1.88. The van der Waals surface area contributed by atoms with Crippen molar-refractivity contribution in [2.24, 2.45) is 0 Å². The molecule has 0 radical (unpaired) electrons. The molecule has 0 saturated heterocycles. The van der Waals surface area contributed by atoms with Crippen molar-refractivity contribution in [2.45, 2.75) is 0 Å². The van der Waals surface area contributed by atoms with Crippen molar-refractivity contribution < 1.29 is 0 Å². The lowest BCUT2D eigenvalue weighted by molar-refractivity contribution is 1.41. The fourth-order valence-electron chi connectivity index (χ4n) is 1.18. The van der Waals surface area contributed by atoms with E-state index in [-0.39, 0.29) is 0 Å². The zero-order valence-electron chi connectivity index (χ0n) is 6.29. The average molecular weight is 270 g/mol. The maximum absolute atomic E-state index is 5.79. The summed E-state index contributed by atoms with van der Waals surface area (Å²) in [5.41, 5.74) is 7.42. The Balaban J connectivity index is 2.89. The Morgan fingerprint density at radius 3 is 3.00 bits per heavy atom. The number of nitrogens with two attached hydrogens (primary N) is 1. The molecule has 12 heavy (non-hydrogen) atoms. The highest BCUT2D eigenvalue weighted by Crippen LogP contribution is 2.21. The Morgan fingerprint density at radius 2 is 2.17 bits per heavy atom. The molecule has 0 aliphatic heterocycles. The zero-order valence-corrected chi connectivity index (χ0v) is 8.45. The van der Waals surface area contributed by atoms with Crippen molar-refractivity contribution in [3.63, 3.8) is 0 Å². The van der Waals surface area contributed by atoms with Crippen LogP contribution in [0.15, 0.2) is 30.5 Å². The smallest absolute Gasteiger partial charge is 0.0931 e. The van der Waals surface area contributed by atoms with Crippen molar-refractivity contribution >= 4 is 39.2 Å². The molecule has 0 bridgehead atoms. The van der Waals surface area contributed by atoms with Crippen LogP contribution in [0.1, 0.15) is 0 Å². The van der Waals surface area contributed by atoms with E-state index in [0.717, 1.165) is 20.2 Å². The van der Waals surface area contributed by atoms with Crippen LogP contribution in [0, 0.1) is 3.57 Å². The van der Waals surface area contributed by atoms with Crippen LogP contribution in [-0.4, -0.2) is 4.98 Å². The van der Waals surface area contributed by atoms with Crippen LogP contribution in [0.4, 0.5) is 5.69 Å². The quantitative estimate of drug-likeness (QED) is 0.589. The van der Waals surface area contributed by atoms with Gasteiger partial charge in [0, 0.05) is 15.2 Å². The number of fused-ring (bicyclic) bond motifs is 1. The van der Waals surface area contributed by atoms with Gasteiger partial charge in [0.2, 0.25) is 0 Å². The van der Waals surface area contributed by atoms with Gasteiger partial charge < -0.3 is 5.73 Å². The van der Waals surface area contributed by atoms with Crippen molar-refractivity contribution in [3.05, 3.63) is 34.0 Å². The fourth-order valence-corrected chi connectivity index (χ4v) is 1.85. The lowest BCUT2D eigenvalue weighted by Crippen LogP contribution is -1.89. The average Bonchev–Trinajstić information content (AvgIpc) is 2.04. The SMILES string of the molecule is Nc1cc(I)cc2cccnc12. The van der Waals surface area contributed by atoms with Crippen molar-refractivity contribution in [3.8, 4) is 0 Å². The molecular formula is C9H7IN2. The summed E-state index contributed by atoms with van der Waals surface area (Å²) in [6, 6.07) is 7.92. The molecule has 1 aromatic heterocycles. The van der Waals surface area contributed by atoms with E-state index in [1.165, 1.54) is 0 Å². The first-order valence-electron chi connectivity index (χ1n) is 3.57. The van der Waals surface area contributed by atoms with E-state index in [9.17, 15) is 0 Å². The summed E-state index contributed by atoms with van der Waals surface area (Å²) in [5, 5.41) is 1.10. The Hall–Kier alpha value is -0.840. The molecule has 0 spiro atoms. The summed E-state index contributed by atoms with van der Waals surface area (Å²) in [6.07, 6.45) is 1.76. The van der Waals surface area contributed by atoms with Gasteiger partial charge in [-0.15, -0.1) is 0 Å². The first-order valence-corrected chi connectivity index (χ1v) is 4.65. The monoisotopic (exact) mass is 270 g/mol. The summed E-state index contributed by atoms with van der Waals surface area (Å²) in [6.45, 7) is 0. The molecule has 3 heteroatoms. The number of benzene rings is 1. The van der Waals surface area contributed by atoms with Gasteiger partial charge in [-0.25, -0.2) is 0 Å². The molecule has 0 aliphatic rings. The number of hydrogen-bond donors (Lipinski definition) is 1. The van der Waals surface area contributed by atoms with Crippen molar-refractivity contribution in [1.29, 1.82) is 0 Å². The molecule has 1 heterocycles. The second kappa shape index (κ2) is 2.90. The Morgan fingerprint density at radius 1 is 1.33 bits per heavy atom. The first kappa shape index (κ1) is 7.79. The van der Waals surface area contributed by atoms with Crippen LogP contribution in [0.2, 0.25) is 0 Å². The molecule has 2 N–H and O–H groups in total. The minimum absolute atomic E-state index is 0.748. The predicted octanol–water partition coefficient (Wildman–Crippen LogP) is 2.42. The van der Waals surface area contributed by atoms with Crippen LogP contribution in [0.3, 0.4) is 0 Å². The number of aromatic nitrogens is 1. The van der Waals surface area contributed by atoms with E-state index in [2.05, 4.69) is 33.6 Å². The number of halogens is 1. The second-order valence-electron chi connectivity index (χ2n) is 2.57.